The molecule has 0 saturated heterocycles. The zero-order chi connectivity index (χ0) is 16.1. The summed E-state index contributed by atoms with van der Waals surface area (Å²) in [5.74, 6) is 0. The molecule has 4 nitrogen and oxygen atoms in total. The zero-order valence-electron chi connectivity index (χ0n) is 11.9. The van der Waals surface area contributed by atoms with Crippen LogP contribution in [0.15, 0.2) is 23.1 Å². The Morgan fingerprint density at radius 2 is 1.90 bits per heavy atom. The van der Waals surface area contributed by atoms with E-state index in [-0.39, 0.29) is 17.9 Å². The SMILES string of the molecule is CNCc1cc(S(=O)(=O)NCCCC(F)(F)F)ccc1C. The van der Waals surface area contributed by atoms with Gasteiger partial charge in [0.15, 0.2) is 0 Å². The molecular weight excluding hydrogens is 305 g/mol. The molecule has 21 heavy (non-hydrogen) atoms. The lowest BCUT2D eigenvalue weighted by molar-refractivity contribution is -0.135. The average molecular weight is 324 g/mol. The number of benzene rings is 1. The Bertz CT molecular complexity index is 571. The van der Waals surface area contributed by atoms with Crippen LogP contribution in [0.4, 0.5) is 13.2 Å². The predicted octanol–water partition coefficient (Wildman–Crippen LogP) is 2.34. The van der Waals surface area contributed by atoms with Gasteiger partial charge in [-0.2, -0.15) is 13.2 Å². The Morgan fingerprint density at radius 1 is 1.24 bits per heavy atom. The van der Waals surface area contributed by atoms with E-state index in [4.69, 9.17) is 0 Å². The number of rotatable bonds is 7. The summed E-state index contributed by atoms with van der Waals surface area (Å²) >= 11 is 0. The quantitative estimate of drug-likeness (QED) is 0.757. The molecule has 0 saturated carbocycles. The van der Waals surface area contributed by atoms with Gasteiger partial charge in [-0.15, -0.1) is 0 Å². The van der Waals surface area contributed by atoms with Crippen LogP contribution in [0.25, 0.3) is 0 Å². The molecule has 2 N–H and O–H groups in total. The molecule has 0 heterocycles. The standard InChI is InChI=1S/C13H19F3N2O2S/c1-10-4-5-12(8-11(10)9-17-2)21(19,20)18-7-3-6-13(14,15)16/h4-5,8,17-18H,3,6-7,9H2,1-2H3. The molecule has 1 aromatic rings. The lowest BCUT2D eigenvalue weighted by atomic mass is 10.1. The summed E-state index contributed by atoms with van der Waals surface area (Å²) in [6, 6.07) is 4.65. The summed E-state index contributed by atoms with van der Waals surface area (Å²) < 4.78 is 62.2. The molecule has 0 fully saturated rings. The fraction of sp³-hybridized carbons (Fsp3) is 0.538. The summed E-state index contributed by atoms with van der Waals surface area (Å²) in [4.78, 5) is 0.0605. The number of alkyl halides is 3. The van der Waals surface area contributed by atoms with Gasteiger partial charge >= 0.3 is 6.18 Å². The van der Waals surface area contributed by atoms with Crippen molar-refractivity contribution in [2.45, 2.75) is 37.4 Å². The molecule has 0 aliphatic heterocycles. The highest BCUT2D eigenvalue weighted by molar-refractivity contribution is 7.89. The van der Waals surface area contributed by atoms with Crippen molar-refractivity contribution in [2.24, 2.45) is 0 Å². The van der Waals surface area contributed by atoms with Crippen LogP contribution < -0.4 is 10.0 Å². The minimum atomic E-state index is -4.27. The number of sulfonamides is 1. The summed E-state index contributed by atoms with van der Waals surface area (Å²) in [6.45, 7) is 2.14. The van der Waals surface area contributed by atoms with E-state index in [0.717, 1.165) is 11.1 Å². The van der Waals surface area contributed by atoms with Crippen molar-refractivity contribution in [2.75, 3.05) is 13.6 Å². The molecule has 0 atom stereocenters. The Balaban J connectivity index is 2.72. The number of aryl methyl sites for hydroxylation is 1. The molecule has 0 aliphatic carbocycles. The number of hydrogen-bond donors (Lipinski definition) is 2. The Kier molecular flexibility index (Phi) is 6.18. The molecular formula is C13H19F3N2O2S. The van der Waals surface area contributed by atoms with Gasteiger partial charge in [0.2, 0.25) is 10.0 Å². The van der Waals surface area contributed by atoms with Gasteiger partial charge in [-0.1, -0.05) is 6.07 Å². The molecule has 0 bridgehead atoms. The van der Waals surface area contributed by atoms with Crippen LogP contribution in [0.1, 0.15) is 24.0 Å². The van der Waals surface area contributed by atoms with Gasteiger partial charge in [0.1, 0.15) is 0 Å². The summed E-state index contributed by atoms with van der Waals surface area (Å²) in [6.07, 6.45) is -5.55. The van der Waals surface area contributed by atoms with Gasteiger partial charge in [0.05, 0.1) is 4.90 Å². The summed E-state index contributed by atoms with van der Waals surface area (Å²) in [5.41, 5.74) is 1.77. The maximum Gasteiger partial charge on any atom is 0.389 e. The highest BCUT2D eigenvalue weighted by atomic mass is 32.2. The maximum absolute atomic E-state index is 12.0. The van der Waals surface area contributed by atoms with Gasteiger partial charge in [-0.25, -0.2) is 13.1 Å². The van der Waals surface area contributed by atoms with Gasteiger partial charge in [0.25, 0.3) is 0 Å². The average Bonchev–Trinajstić information content (AvgIpc) is 2.36. The van der Waals surface area contributed by atoms with Crippen molar-refractivity contribution in [3.05, 3.63) is 29.3 Å². The largest absolute Gasteiger partial charge is 0.389 e. The maximum atomic E-state index is 12.0. The highest BCUT2D eigenvalue weighted by Crippen LogP contribution is 2.21. The van der Waals surface area contributed by atoms with Crippen LogP contribution >= 0.6 is 0 Å². The number of nitrogens with one attached hydrogen (secondary N) is 2. The minimum Gasteiger partial charge on any atom is -0.316 e. The first kappa shape index (κ1) is 17.9. The molecule has 0 amide bonds. The van der Waals surface area contributed by atoms with Crippen LogP contribution in [0.5, 0.6) is 0 Å². The van der Waals surface area contributed by atoms with Gasteiger partial charge < -0.3 is 5.32 Å². The first-order chi connectivity index (χ1) is 9.65. The predicted molar refractivity (Wildman–Crippen MR) is 74.4 cm³/mol. The third-order valence-corrected chi connectivity index (χ3v) is 4.39. The number of halogens is 3. The molecule has 0 aliphatic rings. The van der Waals surface area contributed by atoms with Gasteiger partial charge in [-0.3, -0.25) is 0 Å². The molecule has 0 spiro atoms. The van der Waals surface area contributed by atoms with Crippen LogP contribution in [0.2, 0.25) is 0 Å². The van der Waals surface area contributed by atoms with E-state index in [1.807, 2.05) is 6.92 Å². The monoisotopic (exact) mass is 324 g/mol. The first-order valence-electron chi connectivity index (χ1n) is 6.46. The molecule has 1 aromatic carbocycles. The second-order valence-electron chi connectivity index (χ2n) is 4.74. The summed E-state index contributed by atoms with van der Waals surface area (Å²) in [5, 5.41) is 2.93. The molecule has 0 unspecified atom stereocenters. The number of hydrogen-bond acceptors (Lipinski definition) is 3. The normalized spacial score (nSPS) is 12.6. The van der Waals surface area contributed by atoms with Crippen molar-refractivity contribution in [3.63, 3.8) is 0 Å². The molecule has 0 aromatic heterocycles. The third-order valence-electron chi connectivity index (χ3n) is 2.93. The lowest BCUT2D eigenvalue weighted by Crippen LogP contribution is -2.26. The van der Waals surface area contributed by atoms with Gasteiger partial charge in [0, 0.05) is 19.5 Å². The fourth-order valence-corrected chi connectivity index (χ4v) is 2.90. The van der Waals surface area contributed by atoms with E-state index < -0.39 is 22.6 Å². The highest BCUT2D eigenvalue weighted by Gasteiger charge is 2.26. The zero-order valence-corrected chi connectivity index (χ0v) is 12.7. The van der Waals surface area contributed by atoms with E-state index in [9.17, 15) is 21.6 Å². The van der Waals surface area contributed by atoms with Crippen LogP contribution in [-0.4, -0.2) is 28.2 Å². The molecule has 120 valence electrons. The van der Waals surface area contributed by atoms with Crippen LogP contribution in [0, 0.1) is 6.92 Å². The van der Waals surface area contributed by atoms with Crippen molar-refractivity contribution in [1.82, 2.24) is 10.0 Å². The van der Waals surface area contributed by atoms with E-state index in [1.54, 1.807) is 13.1 Å². The second kappa shape index (κ2) is 7.24. The van der Waals surface area contributed by atoms with E-state index in [1.165, 1.54) is 12.1 Å². The van der Waals surface area contributed by atoms with Crippen molar-refractivity contribution < 1.29 is 21.6 Å². The molecule has 1 rings (SSSR count). The van der Waals surface area contributed by atoms with Gasteiger partial charge in [-0.05, 0) is 43.7 Å². The fourth-order valence-electron chi connectivity index (χ4n) is 1.77. The van der Waals surface area contributed by atoms with Crippen molar-refractivity contribution in [3.8, 4) is 0 Å². The first-order valence-corrected chi connectivity index (χ1v) is 7.94. The Morgan fingerprint density at radius 3 is 2.48 bits per heavy atom. The molecule has 0 radical (unpaired) electrons. The minimum absolute atomic E-state index is 0.0605. The van der Waals surface area contributed by atoms with E-state index in [2.05, 4.69) is 10.0 Å². The van der Waals surface area contributed by atoms with Crippen molar-refractivity contribution in [1.29, 1.82) is 0 Å². The smallest absolute Gasteiger partial charge is 0.316 e. The van der Waals surface area contributed by atoms with Crippen molar-refractivity contribution >= 4 is 10.0 Å². The molecule has 8 heteroatoms. The van der Waals surface area contributed by atoms with E-state index in [0.29, 0.717) is 6.54 Å². The van der Waals surface area contributed by atoms with Crippen LogP contribution in [0.3, 0.4) is 0 Å². The van der Waals surface area contributed by atoms with E-state index >= 15 is 0 Å². The summed E-state index contributed by atoms with van der Waals surface area (Å²) in [7, 11) is -2.03. The topological polar surface area (TPSA) is 58.2 Å². The lowest BCUT2D eigenvalue weighted by Gasteiger charge is -2.11. The third kappa shape index (κ3) is 6.03. The Labute approximate surface area is 122 Å². The Hall–Kier alpha value is -1.12. The van der Waals surface area contributed by atoms with Crippen LogP contribution in [-0.2, 0) is 16.6 Å². The second-order valence-corrected chi connectivity index (χ2v) is 6.50.